The third kappa shape index (κ3) is 5.63. The maximum atomic E-state index is 12.4. The highest BCUT2D eigenvalue weighted by molar-refractivity contribution is 5.96. The molecular weight excluding hydrogens is 420 g/mol. The molecule has 1 aliphatic heterocycles. The molecule has 0 bridgehead atoms. The minimum absolute atomic E-state index is 0.259. The van der Waals surface area contributed by atoms with E-state index in [2.05, 4.69) is 9.97 Å². The highest BCUT2D eigenvalue weighted by Gasteiger charge is 2.28. The molecule has 1 aliphatic rings. The van der Waals surface area contributed by atoms with Gasteiger partial charge in [-0.3, -0.25) is 4.79 Å². The van der Waals surface area contributed by atoms with Crippen molar-refractivity contribution in [3.8, 4) is 17.1 Å². The van der Waals surface area contributed by atoms with Crippen molar-refractivity contribution in [2.75, 3.05) is 19.7 Å². The lowest BCUT2D eigenvalue weighted by Gasteiger charge is -2.34. The number of carbonyl (C=O) groups is 2. The zero-order valence-electron chi connectivity index (χ0n) is 19.3. The van der Waals surface area contributed by atoms with Gasteiger partial charge in [-0.15, -0.1) is 0 Å². The summed E-state index contributed by atoms with van der Waals surface area (Å²) < 4.78 is 11.5. The fourth-order valence-electron chi connectivity index (χ4n) is 3.91. The first kappa shape index (κ1) is 22.6. The van der Waals surface area contributed by atoms with Gasteiger partial charge in [0.2, 0.25) is 5.91 Å². The Balaban J connectivity index is 1.36. The number of nitrogens with two attached hydrogens (primary N) is 1. The fraction of sp³-hybridized carbons (Fsp3) is 0.400. The van der Waals surface area contributed by atoms with Gasteiger partial charge >= 0.3 is 6.09 Å². The summed E-state index contributed by atoms with van der Waals surface area (Å²) in [6.45, 7) is 7.53. The Morgan fingerprint density at radius 1 is 1.18 bits per heavy atom. The van der Waals surface area contributed by atoms with Gasteiger partial charge < -0.3 is 25.1 Å². The number of hydrogen-bond acceptors (Lipinski definition) is 5. The maximum absolute atomic E-state index is 12.4. The molecule has 0 saturated carbocycles. The van der Waals surface area contributed by atoms with Crippen molar-refractivity contribution in [2.24, 2.45) is 11.7 Å². The molecule has 1 aromatic heterocycles. The van der Waals surface area contributed by atoms with Crippen LogP contribution in [0.1, 0.15) is 44.0 Å². The van der Waals surface area contributed by atoms with Crippen molar-refractivity contribution in [1.82, 2.24) is 14.9 Å². The predicted octanol–water partition coefficient (Wildman–Crippen LogP) is 4.35. The monoisotopic (exact) mass is 450 g/mol. The van der Waals surface area contributed by atoms with E-state index in [0.29, 0.717) is 30.1 Å². The van der Waals surface area contributed by atoms with Gasteiger partial charge in [-0.05, 0) is 76.1 Å². The average molecular weight is 451 g/mol. The molecule has 0 aliphatic carbocycles. The molecule has 1 atom stereocenters. The van der Waals surface area contributed by atoms with Crippen LogP contribution in [0.25, 0.3) is 22.4 Å². The SMILES string of the molecule is CC(C)(C)OC(=O)N1CCCC(COc2ccc(-c3nc4cc(C(N)=O)ccc4[nH]3)cc2)C1. The summed E-state index contributed by atoms with van der Waals surface area (Å²) >= 11 is 0. The lowest BCUT2D eigenvalue weighted by molar-refractivity contribution is 0.0139. The number of aromatic nitrogens is 2. The fourth-order valence-corrected chi connectivity index (χ4v) is 3.91. The Labute approximate surface area is 193 Å². The molecule has 8 nitrogen and oxygen atoms in total. The number of benzene rings is 2. The molecular formula is C25H30N4O4. The molecule has 3 aromatic rings. The van der Waals surface area contributed by atoms with E-state index >= 15 is 0 Å². The number of fused-ring (bicyclic) bond motifs is 1. The first-order valence-electron chi connectivity index (χ1n) is 11.2. The second kappa shape index (κ2) is 9.13. The van der Waals surface area contributed by atoms with E-state index in [9.17, 15) is 9.59 Å². The smallest absolute Gasteiger partial charge is 0.410 e. The molecule has 2 amide bonds. The maximum Gasteiger partial charge on any atom is 0.410 e. The lowest BCUT2D eigenvalue weighted by Crippen LogP contribution is -2.44. The number of ether oxygens (including phenoxy) is 2. The van der Waals surface area contributed by atoms with E-state index in [1.54, 1.807) is 23.1 Å². The number of likely N-dealkylation sites (tertiary alicyclic amines) is 1. The molecule has 3 N–H and O–H groups in total. The zero-order valence-corrected chi connectivity index (χ0v) is 19.3. The zero-order chi connectivity index (χ0) is 23.6. The number of piperidine rings is 1. The third-order valence-corrected chi connectivity index (χ3v) is 5.55. The number of imidazole rings is 1. The van der Waals surface area contributed by atoms with E-state index < -0.39 is 11.5 Å². The highest BCUT2D eigenvalue weighted by Crippen LogP contribution is 2.25. The van der Waals surface area contributed by atoms with E-state index in [1.165, 1.54) is 0 Å². The number of H-pyrrole nitrogens is 1. The van der Waals surface area contributed by atoms with Crippen LogP contribution < -0.4 is 10.5 Å². The molecule has 174 valence electrons. The van der Waals surface area contributed by atoms with Crippen LogP contribution in [0.2, 0.25) is 0 Å². The first-order chi connectivity index (χ1) is 15.7. The summed E-state index contributed by atoms with van der Waals surface area (Å²) in [7, 11) is 0. The van der Waals surface area contributed by atoms with E-state index in [-0.39, 0.29) is 12.0 Å². The van der Waals surface area contributed by atoms with Crippen molar-refractivity contribution >= 4 is 23.0 Å². The van der Waals surface area contributed by atoms with Gasteiger partial charge in [-0.25, -0.2) is 9.78 Å². The second-order valence-corrected chi connectivity index (χ2v) is 9.45. The number of amides is 2. The Morgan fingerprint density at radius 2 is 1.94 bits per heavy atom. The van der Waals surface area contributed by atoms with Crippen molar-refractivity contribution in [2.45, 2.75) is 39.2 Å². The van der Waals surface area contributed by atoms with E-state index in [0.717, 1.165) is 36.2 Å². The van der Waals surface area contributed by atoms with Crippen LogP contribution in [0.15, 0.2) is 42.5 Å². The standard InChI is InChI=1S/C25H30N4O4/c1-25(2,3)33-24(31)29-12-4-5-16(14-29)15-32-19-9-6-17(7-10-19)23-27-20-11-8-18(22(26)30)13-21(20)28-23/h6-11,13,16H,4-5,12,14-15H2,1-3H3,(H2,26,30)(H,27,28). The average Bonchev–Trinajstić information content (AvgIpc) is 3.20. The van der Waals surface area contributed by atoms with Gasteiger partial charge in [0.05, 0.1) is 17.6 Å². The van der Waals surface area contributed by atoms with Crippen molar-refractivity contribution < 1.29 is 19.1 Å². The van der Waals surface area contributed by atoms with Gasteiger partial charge in [0, 0.05) is 30.1 Å². The molecule has 2 aromatic carbocycles. The minimum atomic E-state index is -0.494. The largest absolute Gasteiger partial charge is 0.493 e. The molecule has 4 rings (SSSR count). The number of carbonyl (C=O) groups excluding carboxylic acids is 2. The van der Waals surface area contributed by atoms with Crippen molar-refractivity contribution in [3.63, 3.8) is 0 Å². The summed E-state index contributed by atoms with van der Waals surface area (Å²) in [4.78, 5) is 33.3. The Hall–Kier alpha value is -3.55. The number of nitrogens with one attached hydrogen (secondary N) is 1. The molecule has 0 radical (unpaired) electrons. The van der Waals surface area contributed by atoms with Gasteiger partial charge in [-0.2, -0.15) is 0 Å². The molecule has 1 saturated heterocycles. The lowest BCUT2D eigenvalue weighted by atomic mass is 9.99. The molecule has 8 heteroatoms. The van der Waals surface area contributed by atoms with Crippen LogP contribution in [-0.2, 0) is 4.74 Å². The van der Waals surface area contributed by atoms with Crippen LogP contribution >= 0.6 is 0 Å². The van der Waals surface area contributed by atoms with Crippen LogP contribution in [-0.4, -0.2) is 52.2 Å². The number of rotatable bonds is 5. The summed E-state index contributed by atoms with van der Waals surface area (Å²) in [6.07, 6.45) is 1.70. The first-order valence-corrected chi connectivity index (χ1v) is 11.2. The third-order valence-electron chi connectivity index (χ3n) is 5.55. The molecule has 0 spiro atoms. The molecule has 2 heterocycles. The van der Waals surface area contributed by atoms with Gasteiger partial charge in [0.25, 0.3) is 0 Å². The predicted molar refractivity (Wildman–Crippen MR) is 126 cm³/mol. The van der Waals surface area contributed by atoms with E-state index in [1.807, 2.05) is 45.0 Å². The normalized spacial score (nSPS) is 16.6. The van der Waals surface area contributed by atoms with Crippen LogP contribution in [0.3, 0.4) is 0 Å². The van der Waals surface area contributed by atoms with Crippen molar-refractivity contribution in [1.29, 1.82) is 0 Å². The number of hydrogen-bond donors (Lipinski definition) is 2. The minimum Gasteiger partial charge on any atom is -0.493 e. The summed E-state index contributed by atoms with van der Waals surface area (Å²) in [6, 6.07) is 12.9. The van der Waals surface area contributed by atoms with Gasteiger partial charge in [0.15, 0.2) is 0 Å². The van der Waals surface area contributed by atoms with Gasteiger partial charge in [-0.1, -0.05) is 0 Å². The topological polar surface area (TPSA) is 111 Å². The van der Waals surface area contributed by atoms with Crippen LogP contribution in [0, 0.1) is 5.92 Å². The Morgan fingerprint density at radius 3 is 2.64 bits per heavy atom. The number of primary amides is 1. The summed E-state index contributed by atoms with van der Waals surface area (Å²) in [5, 5.41) is 0. The Kier molecular flexibility index (Phi) is 6.26. The Bertz CT molecular complexity index is 1150. The molecule has 1 fully saturated rings. The van der Waals surface area contributed by atoms with Crippen molar-refractivity contribution in [3.05, 3.63) is 48.0 Å². The summed E-state index contributed by atoms with van der Waals surface area (Å²) in [5.74, 6) is 1.26. The van der Waals surface area contributed by atoms with Crippen LogP contribution in [0.5, 0.6) is 5.75 Å². The second-order valence-electron chi connectivity index (χ2n) is 9.45. The molecule has 1 unspecified atom stereocenters. The van der Waals surface area contributed by atoms with Gasteiger partial charge in [0.1, 0.15) is 17.2 Å². The molecule has 33 heavy (non-hydrogen) atoms. The number of aromatic amines is 1. The number of nitrogens with zero attached hydrogens (tertiary/aromatic N) is 2. The van der Waals surface area contributed by atoms with Crippen LogP contribution in [0.4, 0.5) is 4.79 Å². The van der Waals surface area contributed by atoms with E-state index in [4.69, 9.17) is 15.2 Å². The quantitative estimate of drug-likeness (QED) is 0.600. The highest BCUT2D eigenvalue weighted by atomic mass is 16.6. The summed E-state index contributed by atoms with van der Waals surface area (Å²) in [5.41, 5.74) is 7.72.